The number of hydrogen-bond donors (Lipinski definition) is 2. The third kappa shape index (κ3) is 6.42. The molecule has 0 spiro atoms. The first-order chi connectivity index (χ1) is 13.7. The van der Waals surface area contributed by atoms with E-state index in [9.17, 15) is 24.5 Å². The zero-order valence-corrected chi connectivity index (χ0v) is 17.0. The van der Waals surface area contributed by atoms with Gasteiger partial charge < -0.3 is 15.4 Å². The molecule has 0 aromatic heterocycles. The van der Waals surface area contributed by atoms with Crippen molar-refractivity contribution in [2.75, 3.05) is 6.54 Å². The summed E-state index contributed by atoms with van der Waals surface area (Å²) in [7, 11) is 0. The average Bonchev–Trinajstić information content (AvgIpc) is 2.67. The minimum absolute atomic E-state index is 0.0222. The summed E-state index contributed by atoms with van der Waals surface area (Å²) in [5.41, 5.74) is -0.435. The first-order valence-electron chi connectivity index (χ1n) is 9.41. The highest BCUT2D eigenvalue weighted by atomic mass is 35.5. The summed E-state index contributed by atoms with van der Waals surface area (Å²) < 4.78 is 5.06. The van der Waals surface area contributed by atoms with Crippen molar-refractivity contribution in [2.24, 2.45) is 5.92 Å². The van der Waals surface area contributed by atoms with Crippen LogP contribution in [0.3, 0.4) is 0 Å². The largest absolute Gasteiger partial charge is 0.451 e. The van der Waals surface area contributed by atoms with Crippen LogP contribution in [-0.4, -0.2) is 41.4 Å². The van der Waals surface area contributed by atoms with E-state index in [1.54, 1.807) is 0 Å². The Labute approximate surface area is 173 Å². The normalized spacial score (nSPS) is 19.7. The molecule has 1 fully saturated rings. The fraction of sp³-hybridized carbons (Fsp3) is 0.526. The molecule has 0 saturated heterocycles. The van der Waals surface area contributed by atoms with Crippen molar-refractivity contribution in [1.29, 1.82) is 0 Å². The quantitative estimate of drug-likeness (QED) is 0.392. The summed E-state index contributed by atoms with van der Waals surface area (Å²) in [6.07, 6.45) is 3.16. The molecule has 0 heterocycles. The molecule has 1 aromatic carbocycles. The van der Waals surface area contributed by atoms with E-state index in [0.717, 1.165) is 31.7 Å². The molecule has 10 heteroatoms. The zero-order valence-electron chi connectivity index (χ0n) is 16.3. The lowest BCUT2D eigenvalue weighted by molar-refractivity contribution is -0.384. The maximum absolute atomic E-state index is 12.2. The predicted octanol–water partition coefficient (Wildman–Crippen LogP) is 2.60. The van der Waals surface area contributed by atoms with E-state index < -0.39 is 35.1 Å². The highest BCUT2D eigenvalue weighted by molar-refractivity contribution is 6.32. The van der Waals surface area contributed by atoms with Gasteiger partial charge in [0.05, 0.1) is 4.92 Å². The Bertz CT molecular complexity index is 800. The van der Waals surface area contributed by atoms with E-state index in [0.29, 0.717) is 5.92 Å². The number of ether oxygens (including phenoxy) is 1. The second-order valence-electron chi connectivity index (χ2n) is 7.11. The van der Waals surface area contributed by atoms with Crippen LogP contribution >= 0.6 is 11.6 Å². The van der Waals surface area contributed by atoms with Crippen molar-refractivity contribution >= 4 is 35.1 Å². The lowest BCUT2D eigenvalue weighted by atomic mass is 9.86. The molecule has 1 saturated carbocycles. The molecule has 2 amide bonds. The summed E-state index contributed by atoms with van der Waals surface area (Å²) in [4.78, 5) is 46.4. The summed E-state index contributed by atoms with van der Waals surface area (Å²) in [6.45, 7) is 3.06. The molecule has 158 valence electrons. The van der Waals surface area contributed by atoms with Gasteiger partial charge >= 0.3 is 5.97 Å². The number of carbonyl (C=O) groups excluding carboxylic acids is 3. The van der Waals surface area contributed by atoms with Gasteiger partial charge in [-0.25, -0.2) is 0 Å². The Balaban J connectivity index is 1.82. The molecular formula is C19H24ClN3O6. The SMILES string of the molecule is C[C@H](OC(=O)CNC(=O)c1ccc(Cl)c([N+](=O)[O-])c1)C(=O)N[C@H]1CCCC[C@@H]1C. The highest BCUT2D eigenvalue weighted by Gasteiger charge is 2.26. The zero-order chi connectivity index (χ0) is 21.6. The number of benzene rings is 1. The van der Waals surface area contributed by atoms with E-state index >= 15 is 0 Å². The third-order valence-electron chi connectivity index (χ3n) is 4.91. The van der Waals surface area contributed by atoms with Crippen molar-refractivity contribution in [2.45, 2.75) is 51.7 Å². The second-order valence-corrected chi connectivity index (χ2v) is 7.52. The Hall–Kier alpha value is -2.68. The van der Waals surface area contributed by atoms with Gasteiger partial charge in [-0.1, -0.05) is 31.4 Å². The Morgan fingerprint density at radius 3 is 2.66 bits per heavy atom. The van der Waals surface area contributed by atoms with Gasteiger partial charge in [-0.3, -0.25) is 24.5 Å². The summed E-state index contributed by atoms with van der Waals surface area (Å²) >= 11 is 5.70. The van der Waals surface area contributed by atoms with Gasteiger partial charge in [0.1, 0.15) is 11.6 Å². The van der Waals surface area contributed by atoms with E-state index in [2.05, 4.69) is 17.6 Å². The van der Waals surface area contributed by atoms with Crippen molar-refractivity contribution < 1.29 is 24.0 Å². The topological polar surface area (TPSA) is 128 Å². The first-order valence-corrected chi connectivity index (χ1v) is 9.78. The Morgan fingerprint density at radius 1 is 1.31 bits per heavy atom. The van der Waals surface area contributed by atoms with Crippen LogP contribution in [0.5, 0.6) is 0 Å². The fourth-order valence-electron chi connectivity index (χ4n) is 3.17. The van der Waals surface area contributed by atoms with Crippen LogP contribution in [0.2, 0.25) is 5.02 Å². The lowest BCUT2D eigenvalue weighted by Gasteiger charge is -2.30. The average molecular weight is 426 g/mol. The maximum Gasteiger partial charge on any atom is 0.326 e. The smallest absolute Gasteiger partial charge is 0.326 e. The number of nitrogens with zero attached hydrogens (tertiary/aromatic N) is 1. The molecule has 3 atom stereocenters. The van der Waals surface area contributed by atoms with Gasteiger partial charge in [0, 0.05) is 17.7 Å². The Kier molecular flexibility index (Phi) is 7.95. The molecule has 9 nitrogen and oxygen atoms in total. The van der Waals surface area contributed by atoms with E-state index in [4.69, 9.17) is 16.3 Å². The fourth-order valence-corrected chi connectivity index (χ4v) is 3.36. The summed E-state index contributed by atoms with van der Waals surface area (Å²) in [6, 6.07) is 3.62. The third-order valence-corrected chi connectivity index (χ3v) is 5.23. The first kappa shape index (κ1) is 22.6. The number of halogens is 1. The molecule has 29 heavy (non-hydrogen) atoms. The number of nitrogens with one attached hydrogen (secondary N) is 2. The highest BCUT2D eigenvalue weighted by Crippen LogP contribution is 2.25. The molecule has 0 bridgehead atoms. The van der Waals surface area contributed by atoms with Crippen LogP contribution in [0.15, 0.2) is 18.2 Å². The minimum atomic E-state index is -0.995. The van der Waals surface area contributed by atoms with Gasteiger partial charge in [-0.05, 0) is 37.8 Å². The van der Waals surface area contributed by atoms with Gasteiger partial charge in [0.2, 0.25) is 0 Å². The van der Waals surface area contributed by atoms with E-state index in [1.165, 1.54) is 19.1 Å². The Morgan fingerprint density at radius 2 is 2.00 bits per heavy atom. The molecule has 2 rings (SSSR count). The molecule has 1 aliphatic rings. The minimum Gasteiger partial charge on any atom is -0.451 e. The summed E-state index contributed by atoms with van der Waals surface area (Å²) in [5.74, 6) is -1.49. The molecule has 2 N–H and O–H groups in total. The predicted molar refractivity (Wildman–Crippen MR) is 106 cm³/mol. The second kappa shape index (κ2) is 10.2. The maximum atomic E-state index is 12.2. The summed E-state index contributed by atoms with van der Waals surface area (Å²) in [5, 5.41) is 16.0. The molecule has 1 aromatic rings. The monoisotopic (exact) mass is 425 g/mol. The number of esters is 1. The van der Waals surface area contributed by atoms with Crippen LogP contribution in [0.4, 0.5) is 5.69 Å². The molecule has 0 aliphatic heterocycles. The standard InChI is InChI=1S/C19H24ClN3O6/c1-11-5-3-4-6-15(11)22-18(25)12(2)29-17(24)10-21-19(26)13-7-8-14(20)16(9-13)23(27)28/h7-9,11-12,15H,3-6,10H2,1-2H3,(H,21,26)(H,22,25)/t11-,12-,15-/m0/s1. The number of amides is 2. The van der Waals surface area contributed by atoms with Crippen LogP contribution in [0.25, 0.3) is 0 Å². The van der Waals surface area contributed by atoms with Crippen molar-refractivity contribution in [3.8, 4) is 0 Å². The lowest BCUT2D eigenvalue weighted by Crippen LogP contribution is -2.46. The van der Waals surface area contributed by atoms with E-state index in [1.807, 2.05) is 0 Å². The number of carbonyl (C=O) groups is 3. The van der Waals surface area contributed by atoms with Crippen molar-refractivity contribution in [1.82, 2.24) is 10.6 Å². The van der Waals surface area contributed by atoms with E-state index in [-0.39, 0.29) is 22.5 Å². The van der Waals surface area contributed by atoms with Gasteiger partial charge in [-0.15, -0.1) is 0 Å². The number of nitro benzene ring substituents is 1. The van der Waals surface area contributed by atoms with Crippen LogP contribution in [0.1, 0.15) is 49.9 Å². The van der Waals surface area contributed by atoms with Crippen LogP contribution < -0.4 is 10.6 Å². The van der Waals surface area contributed by atoms with Crippen molar-refractivity contribution in [3.63, 3.8) is 0 Å². The number of nitro groups is 1. The van der Waals surface area contributed by atoms with Crippen LogP contribution in [-0.2, 0) is 14.3 Å². The number of hydrogen-bond acceptors (Lipinski definition) is 6. The van der Waals surface area contributed by atoms with Gasteiger partial charge in [-0.2, -0.15) is 0 Å². The number of rotatable bonds is 7. The van der Waals surface area contributed by atoms with Gasteiger partial charge in [0.25, 0.3) is 17.5 Å². The molecule has 0 radical (unpaired) electrons. The van der Waals surface area contributed by atoms with Gasteiger partial charge in [0.15, 0.2) is 6.10 Å². The molecule has 0 unspecified atom stereocenters. The molecular weight excluding hydrogens is 402 g/mol. The van der Waals surface area contributed by atoms with Crippen LogP contribution in [0, 0.1) is 16.0 Å². The molecule has 1 aliphatic carbocycles. The van der Waals surface area contributed by atoms with Crippen molar-refractivity contribution in [3.05, 3.63) is 38.9 Å².